The molecule has 0 N–H and O–H groups in total. The first-order valence-electron chi connectivity index (χ1n) is 10.7. The number of halogens is 1. The van der Waals surface area contributed by atoms with Crippen molar-refractivity contribution in [2.75, 3.05) is 7.11 Å². The van der Waals surface area contributed by atoms with E-state index in [0.717, 1.165) is 5.56 Å². The summed E-state index contributed by atoms with van der Waals surface area (Å²) in [6.07, 6.45) is -0.654. The SMILES string of the molecule is C=C[C@H](OCc1ccccc1)[C@@H](c1ccc(OC)cc1)N(C(=O)OCc1ccccc1)S(=O)(=O)Cl. The molecule has 3 aromatic rings. The first kappa shape index (κ1) is 26.3. The Morgan fingerprint density at radius 2 is 1.49 bits per heavy atom. The summed E-state index contributed by atoms with van der Waals surface area (Å²) in [5.74, 6) is 0.555. The van der Waals surface area contributed by atoms with Crippen LogP contribution in [0.15, 0.2) is 97.6 Å². The molecule has 0 aromatic heterocycles. The van der Waals surface area contributed by atoms with Crippen molar-refractivity contribution in [1.29, 1.82) is 0 Å². The van der Waals surface area contributed by atoms with Crippen molar-refractivity contribution in [3.05, 3.63) is 114 Å². The largest absolute Gasteiger partial charge is 0.497 e. The number of ether oxygens (including phenoxy) is 3. The molecular formula is C26H26ClNO6S. The van der Waals surface area contributed by atoms with Gasteiger partial charge in [0.05, 0.1) is 13.7 Å². The summed E-state index contributed by atoms with van der Waals surface area (Å²) in [6, 6.07) is 23.6. The van der Waals surface area contributed by atoms with E-state index in [9.17, 15) is 13.2 Å². The molecule has 0 saturated heterocycles. The number of rotatable bonds is 11. The van der Waals surface area contributed by atoms with E-state index < -0.39 is 27.5 Å². The topological polar surface area (TPSA) is 82.1 Å². The van der Waals surface area contributed by atoms with Gasteiger partial charge in [0.25, 0.3) is 0 Å². The summed E-state index contributed by atoms with van der Waals surface area (Å²) < 4.78 is 42.4. The van der Waals surface area contributed by atoms with Crippen LogP contribution in [-0.4, -0.2) is 32.0 Å². The Balaban J connectivity index is 1.96. The molecule has 35 heavy (non-hydrogen) atoms. The standard InChI is InChI=1S/C26H26ClNO6S/c1-3-24(33-18-20-10-6-4-7-11-20)25(22-14-16-23(32-2)17-15-22)28(35(27,30)31)26(29)34-19-21-12-8-5-9-13-21/h3-17,24-25H,1,18-19H2,2H3/t24-,25+/m0/s1. The fourth-order valence-electron chi connectivity index (χ4n) is 3.44. The first-order chi connectivity index (χ1) is 16.8. The molecule has 0 aliphatic carbocycles. The number of benzene rings is 3. The molecule has 0 unspecified atom stereocenters. The van der Waals surface area contributed by atoms with E-state index in [1.165, 1.54) is 13.2 Å². The molecular weight excluding hydrogens is 490 g/mol. The van der Waals surface area contributed by atoms with Crippen LogP contribution in [-0.2, 0) is 31.9 Å². The highest BCUT2D eigenvalue weighted by Gasteiger charge is 2.40. The maximum Gasteiger partial charge on any atom is 0.425 e. The van der Waals surface area contributed by atoms with Crippen molar-refractivity contribution < 1.29 is 27.4 Å². The quantitative estimate of drug-likeness (QED) is 0.243. The van der Waals surface area contributed by atoms with Gasteiger partial charge in [0.2, 0.25) is 0 Å². The van der Waals surface area contributed by atoms with Crippen LogP contribution >= 0.6 is 10.7 Å². The van der Waals surface area contributed by atoms with Gasteiger partial charge >= 0.3 is 15.3 Å². The molecule has 0 bridgehead atoms. The summed E-state index contributed by atoms with van der Waals surface area (Å²) >= 11 is 0. The normalized spacial score (nSPS) is 12.9. The molecule has 3 rings (SSSR count). The van der Waals surface area contributed by atoms with E-state index >= 15 is 0 Å². The van der Waals surface area contributed by atoms with Crippen LogP contribution in [0.25, 0.3) is 0 Å². The number of amides is 1. The zero-order chi connectivity index (χ0) is 25.3. The lowest BCUT2D eigenvalue weighted by Crippen LogP contribution is -2.43. The Labute approximate surface area is 210 Å². The second-order valence-corrected chi connectivity index (χ2v) is 9.88. The van der Waals surface area contributed by atoms with Crippen molar-refractivity contribution in [2.45, 2.75) is 25.4 Å². The van der Waals surface area contributed by atoms with Gasteiger partial charge in [-0.05, 0) is 28.8 Å². The predicted octanol–water partition coefficient (Wildman–Crippen LogP) is 5.63. The second kappa shape index (κ2) is 12.4. The van der Waals surface area contributed by atoms with Gasteiger partial charge in [-0.1, -0.05) is 78.9 Å². The minimum absolute atomic E-state index is 0.137. The van der Waals surface area contributed by atoms with E-state index in [-0.39, 0.29) is 13.2 Å². The van der Waals surface area contributed by atoms with Gasteiger partial charge in [0.1, 0.15) is 24.5 Å². The van der Waals surface area contributed by atoms with Crippen LogP contribution in [0.1, 0.15) is 22.7 Å². The van der Waals surface area contributed by atoms with E-state index in [1.807, 2.05) is 36.4 Å². The van der Waals surface area contributed by atoms with Crippen molar-refractivity contribution in [3.8, 4) is 5.75 Å². The first-order valence-corrected chi connectivity index (χ1v) is 13.0. The van der Waals surface area contributed by atoms with Crippen molar-refractivity contribution >= 4 is 26.0 Å². The number of carbonyl (C=O) groups is 1. The van der Waals surface area contributed by atoms with Crippen LogP contribution in [0.2, 0.25) is 0 Å². The fourth-order valence-corrected chi connectivity index (χ4v) is 4.61. The lowest BCUT2D eigenvalue weighted by atomic mass is 10.0. The average molecular weight is 516 g/mol. The smallest absolute Gasteiger partial charge is 0.425 e. The molecule has 0 radical (unpaired) electrons. The molecule has 0 saturated carbocycles. The predicted molar refractivity (Wildman–Crippen MR) is 134 cm³/mol. The third-order valence-corrected chi connectivity index (χ3v) is 6.45. The molecule has 2 atom stereocenters. The zero-order valence-corrected chi connectivity index (χ0v) is 20.7. The van der Waals surface area contributed by atoms with Crippen LogP contribution in [0.5, 0.6) is 5.75 Å². The number of methoxy groups -OCH3 is 1. The number of hydrogen-bond donors (Lipinski definition) is 0. The molecule has 0 fully saturated rings. The molecule has 184 valence electrons. The van der Waals surface area contributed by atoms with Crippen LogP contribution < -0.4 is 4.74 Å². The monoisotopic (exact) mass is 515 g/mol. The highest BCUT2D eigenvalue weighted by atomic mass is 35.7. The Kier molecular flexibility index (Phi) is 9.31. The molecule has 1 amide bonds. The Hall–Kier alpha value is -3.33. The molecule has 0 heterocycles. The molecule has 0 aliphatic rings. The van der Waals surface area contributed by atoms with Crippen LogP contribution in [0.3, 0.4) is 0 Å². The minimum atomic E-state index is -4.60. The van der Waals surface area contributed by atoms with Crippen molar-refractivity contribution in [3.63, 3.8) is 0 Å². The maximum atomic E-state index is 13.1. The number of carbonyl (C=O) groups excluding carboxylic acids is 1. The van der Waals surface area contributed by atoms with E-state index in [2.05, 4.69) is 6.58 Å². The lowest BCUT2D eigenvalue weighted by molar-refractivity contribution is 0.0212. The van der Waals surface area contributed by atoms with Gasteiger partial charge in [-0.3, -0.25) is 0 Å². The summed E-state index contributed by atoms with van der Waals surface area (Å²) in [7, 11) is 2.69. The fraction of sp³-hybridized carbons (Fsp3) is 0.192. The molecule has 7 nitrogen and oxygen atoms in total. The number of nitrogens with zero attached hydrogens (tertiary/aromatic N) is 1. The summed E-state index contributed by atoms with van der Waals surface area (Å²) in [6.45, 7) is 3.82. The van der Waals surface area contributed by atoms with Gasteiger partial charge in [-0.2, -0.15) is 12.7 Å². The molecule has 0 aliphatic heterocycles. The van der Waals surface area contributed by atoms with Crippen LogP contribution in [0, 0.1) is 0 Å². The second-order valence-electron chi connectivity index (χ2n) is 7.49. The van der Waals surface area contributed by atoms with E-state index in [1.54, 1.807) is 48.5 Å². The number of hydrogen-bond acceptors (Lipinski definition) is 6. The summed E-state index contributed by atoms with van der Waals surface area (Å²) in [4.78, 5) is 13.1. The van der Waals surface area contributed by atoms with E-state index in [0.29, 0.717) is 21.2 Å². The van der Waals surface area contributed by atoms with Gasteiger partial charge in [-0.15, -0.1) is 6.58 Å². The molecule has 3 aromatic carbocycles. The van der Waals surface area contributed by atoms with Crippen LogP contribution in [0.4, 0.5) is 4.79 Å². The highest BCUT2D eigenvalue weighted by molar-refractivity contribution is 8.12. The highest BCUT2D eigenvalue weighted by Crippen LogP contribution is 2.33. The van der Waals surface area contributed by atoms with Gasteiger partial charge in [-0.25, -0.2) is 4.79 Å². The molecule has 9 heteroatoms. The van der Waals surface area contributed by atoms with Crippen molar-refractivity contribution in [1.82, 2.24) is 4.31 Å². The summed E-state index contributed by atoms with van der Waals surface area (Å²) in [5, 5.41) is 0. The van der Waals surface area contributed by atoms with Gasteiger partial charge in [0, 0.05) is 10.7 Å². The third kappa shape index (κ3) is 7.32. The summed E-state index contributed by atoms with van der Waals surface area (Å²) in [5.41, 5.74) is 1.98. The van der Waals surface area contributed by atoms with Gasteiger partial charge in [0.15, 0.2) is 0 Å². The zero-order valence-electron chi connectivity index (χ0n) is 19.1. The third-order valence-electron chi connectivity index (χ3n) is 5.16. The Morgan fingerprint density at radius 3 is 1.97 bits per heavy atom. The lowest BCUT2D eigenvalue weighted by Gasteiger charge is -2.33. The van der Waals surface area contributed by atoms with Crippen molar-refractivity contribution in [2.24, 2.45) is 0 Å². The average Bonchev–Trinajstić information content (AvgIpc) is 2.87. The van der Waals surface area contributed by atoms with E-state index in [4.69, 9.17) is 24.9 Å². The van der Waals surface area contributed by atoms with Gasteiger partial charge < -0.3 is 14.2 Å². The minimum Gasteiger partial charge on any atom is -0.497 e. The Morgan fingerprint density at radius 1 is 0.943 bits per heavy atom. The Bertz CT molecular complexity index is 1200. The maximum absolute atomic E-state index is 13.1. The molecule has 0 spiro atoms.